The van der Waals surface area contributed by atoms with Gasteiger partial charge in [0.25, 0.3) is 15.8 Å². The van der Waals surface area contributed by atoms with Gasteiger partial charge in [0.05, 0.1) is 22.0 Å². The molecule has 2 rings (SSSR count). The van der Waals surface area contributed by atoms with Crippen molar-refractivity contribution in [3.05, 3.63) is 69.8 Å². The molecule has 2 aromatic carbocycles. The zero-order valence-corrected chi connectivity index (χ0v) is 13.1. The topological polar surface area (TPSA) is 107 Å². The second kappa shape index (κ2) is 6.86. The average molecular weight is 337 g/mol. The van der Waals surface area contributed by atoms with Gasteiger partial charge < -0.3 is 5.11 Å². The normalized spacial score (nSPS) is 12.8. The van der Waals surface area contributed by atoms with Gasteiger partial charge in [0.1, 0.15) is 6.10 Å². The van der Waals surface area contributed by atoms with Crippen LogP contribution in [0.25, 0.3) is 0 Å². The highest BCUT2D eigenvalue weighted by molar-refractivity contribution is 7.86. The van der Waals surface area contributed by atoms with Gasteiger partial charge in [-0.1, -0.05) is 29.8 Å². The van der Waals surface area contributed by atoms with E-state index in [-0.39, 0.29) is 16.1 Å². The Hall–Kier alpha value is -2.29. The Labute approximate surface area is 133 Å². The second-order valence-electron chi connectivity index (χ2n) is 4.88. The number of benzene rings is 2. The fraction of sp³-hybridized carbons (Fsp3) is 0.200. The standard InChI is InChI=1S/C15H15NO6S/c1-11-6-8-12(9-7-11)23(20,21)22-10-15(17)13-4-2-3-5-14(13)16(18)19/h2-9,15,17H,10H2,1H3. The molecule has 0 fully saturated rings. The maximum absolute atomic E-state index is 12.0. The van der Waals surface area contributed by atoms with Crippen molar-refractivity contribution in [1.29, 1.82) is 0 Å². The fourth-order valence-electron chi connectivity index (χ4n) is 1.95. The molecular weight excluding hydrogens is 322 g/mol. The van der Waals surface area contributed by atoms with Crippen LogP contribution in [0.2, 0.25) is 0 Å². The molecule has 0 aliphatic heterocycles. The summed E-state index contributed by atoms with van der Waals surface area (Å²) in [4.78, 5) is 10.2. The van der Waals surface area contributed by atoms with Gasteiger partial charge in [-0.2, -0.15) is 8.42 Å². The maximum atomic E-state index is 12.0. The molecule has 0 spiro atoms. The van der Waals surface area contributed by atoms with Crippen molar-refractivity contribution >= 4 is 15.8 Å². The van der Waals surface area contributed by atoms with E-state index in [2.05, 4.69) is 0 Å². The largest absolute Gasteiger partial charge is 0.386 e. The predicted molar refractivity (Wildman–Crippen MR) is 82.4 cm³/mol. The summed E-state index contributed by atoms with van der Waals surface area (Å²) in [5, 5.41) is 20.9. The van der Waals surface area contributed by atoms with Gasteiger partial charge in [-0.25, -0.2) is 0 Å². The van der Waals surface area contributed by atoms with Gasteiger partial charge in [0.15, 0.2) is 0 Å². The van der Waals surface area contributed by atoms with Crippen molar-refractivity contribution < 1.29 is 22.6 Å². The van der Waals surface area contributed by atoms with E-state index in [0.29, 0.717) is 0 Å². The first-order valence-corrected chi connectivity index (χ1v) is 8.09. The van der Waals surface area contributed by atoms with Gasteiger partial charge in [-0.15, -0.1) is 0 Å². The summed E-state index contributed by atoms with van der Waals surface area (Å²) < 4.78 is 28.9. The van der Waals surface area contributed by atoms with Crippen LogP contribution in [0.5, 0.6) is 0 Å². The second-order valence-corrected chi connectivity index (χ2v) is 6.50. The molecule has 0 saturated heterocycles. The summed E-state index contributed by atoms with van der Waals surface area (Å²) in [5.41, 5.74) is 0.594. The Kier molecular flexibility index (Phi) is 5.09. The highest BCUT2D eigenvalue weighted by Gasteiger charge is 2.23. The molecular formula is C15H15NO6S. The van der Waals surface area contributed by atoms with E-state index >= 15 is 0 Å². The van der Waals surface area contributed by atoms with Gasteiger partial charge >= 0.3 is 0 Å². The number of nitrogens with zero attached hydrogens (tertiary/aromatic N) is 1. The van der Waals surface area contributed by atoms with E-state index in [0.717, 1.165) is 5.56 Å². The van der Waals surface area contributed by atoms with Crippen molar-refractivity contribution in [3.63, 3.8) is 0 Å². The van der Waals surface area contributed by atoms with Crippen molar-refractivity contribution in [2.24, 2.45) is 0 Å². The number of hydrogen-bond acceptors (Lipinski definition) is 6. The Balaban J connectivity index is 2.14. The minimum absolute atomic E-state index is 0.00314. The molecule has 0 aliphatic rings. The molecule has 1 N–H and O–H groups in total. The number of nitro groups is 1. The highest BCUT2D eigenvalue weighted by atomic mass is 32.2. The van der Waals surface area contributed by atoms with Crippen LogP contribution < -0.4 is 0 Å². The van der Waals surface area contributed by atoms with E-state index in [1.165, 1.54) is 36.4 Å². The number of nitro benzene ring substituents is 1. The fourth-order valence-corrected chi connectivity index (χ4v) is 2.87. The zero-order valence-electron chi connectivity index (χ0n) is 12.2. The number of para-hydroxylation sites is 1. The summed E-state index contributed by atoms with van der Waals surface area (Å²) in [6, 6.07) is 11.6. The first-order chi connectivity index (χ1) is 10.8. The molecule has 122 valence electrons. The molecule has 0 aromatic heterocycles. The SMILES string of the molecule is Cc1ccc(S(=O)(=O)OCC(O)c2ccccc2[N+](=O)[O-])cc1. The highest BCUT2D eigenvalue weighted by Crippen LogP contribution is 2.26. The van der Waals surface area contributed by atoms with Crippen molar-refractivity contribution in [1.82, 2.24) is 0 Å². The third-order valence-corrected chi connectivity index (χ3v) is 4.48. The Morgan fingerprint density at radius 3 is 2.39 bits per heavy atom. The number of aliphatic hydroxyl groups excluding tert-OH is 1. The third kappa shape index (κ3) is 4.13. The average Bonchev–Trinajstić information content (AvgIpc) is 2.53. The van der Waals surface area contributed by atoms with Crippen LogP contribution in [0.3, 0.4) is 0 Å². The molecule has 0 aliphatic carbocycles. The van der Waals surface area contributed by atoms with Crippen LogP contribution in [0, 0.1) is 17.0 Å². The van der Waals surface area contributed by atoms with Gasteiger partial charge in [0.2, 0.25) is 0 Å². The predicted octanol–water partition coefficient (Wildman–Crippen LogP) is 2.34. The minimum Gasteiger partial charge on any atom is -0.386 e. The van der Waals surface area contributed by atoms with Crippen molar-refractivity contribution in [2.45, 2.75) is 17.9 Å². The lowest BCUT2D eigenvalue weighted by Crippen LogP contribution is -2.14. The Morgan fingerprint density at radius 1 is 1.17 bits per heavy atom. The van der Waals surface area contributed by atoms with Crippen LogP contribution in [0.15, 0.2) is 53.4 Å². The van der Waals surface area contributed by atoms with E-state index < -0.39 is 27.8 Å². The summed E-state index contributed by atoms with van der Waals surface area (Å²) in [7, 11) is -4.04. The quantitative estimate of drug-likeness (QED) is 0.492. The molecule has 0 amide bonds. The Morgan fingerprint density at radius 2 is 1.78 bits per heavy atom. The van der Waals surface area contributed by atoms with Crippen LogP contribution in [-0.4, -0.2) is 25.1 Å². The molecule has 1 atom stereocenters. The molecule has 0 bridgehead atoms. The zero-order chi connectivity index (χ0) is 17.0. The molecule has 8 heteroatoms. The number of aryl methyl sites for hydroxylation is 1. The van der Waals surface area contributed by atoms with Gasteiger partial charge in [-0.05, 0) is 25.1 Å². The van der Waals surface area contributed by atoms with Crippen molar-refractivity contribution in [2.75, 3.05) is 6.61 Å². The summed E-state index contributed by atoms with van der Waals surface area (Å²) in [5.74, 6) is 0. The molecule has 0 saturated carbocycles. The van der Waals surface area contributed by atoms with E-state index in [9.17, 15) is 23.6 Å². The first kappa shape index (κ1) is 17.1. The summed E-state index contributed by atoms with van der Waals surface area (Å²) in [6.45, 7) is 1.20. The molecule has 23 heavy (non-hydrogen) atoms. The van der Waals surface area contributed by atoms with Crippen molar-refractivity contribution in [3.8, 4) is 0 Å². The number of aliphatic hydroxyl groups is 1. The molecule has 7 nitrogen and oxygen atoms in total. The van der Waals surface area contributed by atoms with Crippen LogP contribution in [0.1, 0.15) is 17.2 Å². The Bertz CT molecular complexity index is 801. The van der Waals surface area contributed by atoms with E-state index in [1.54, 1.807) is 12.1 Å². The lowest BCUT2D eigenvalue weighted by atomic mass is 10.1. The summed E-state index contributed by atoms with van der Waals surface area (Å²) in [6.07, 6.45) is -1.43. The summed E-state index contributed by atoms with van der Waals surface area (Å²) >= 11 is 0. The van der Waals surface area contributed by atoms with Gasteiger partial charge in [-0.3, -0.25) is 14.3 Å². The molecule has 2 aromatic rings. The van der Waals surface area contributed by atoms with E-state index in [4.69, 9.17) is 4.18 Å². The van der Waals surface area contributed by atoms with Crippen LogP contribution >= 0.6 is 0 Å². The van der Waals surface area contributed by atoms with Crippen LogP contribution in [-0.2, 0) is 14.3 Å². The minimum atomic E-state index is -4.04. The molecule has 0 radical (unpaired) electrons. The molecule has 0 heterocycles. The van der Waals surface area contributed by atoms with E-state index in [1.807, 2.05) is 6.92 Å². The number of hydrogen-bond donors (Lipinski definition) is 1. The monoisotopic (exact) mass is 337 g/mol. The maximum Gasteiger partial charge on any atom is 0.297 e. The third-order valence-electron chi connectivity index (χ3n) is 3.18. The lowest BCUT2D eigenvalue weighted by Gasteiger charge is -2.12. The number of rotatable bonds is 6. The van der Waals surface area contributed by atoms with Gasteiger partial charge in [0, 0.05) is 6.07 Å². The molecule has 1 unspecified atom stereocenters. The van der Waals surface area contributed by atoms with Crippen LogP contribution in [0.4, 0.5) is 5.69 Å². The lowest BCUT2D eigenvalue weighted by molar-refractivity contribution is -0.386. The first-order valence-electron chi connectivity index (χ1n) is 6.69. The smallest absolute Gasteiger partial charge is 0.297 e.